The maximum absolute atomic E-state index is 12.3. The third-order valence-corrected chi connectivity index (χ3v) is 4.64. The number of carbonyl (C=O) groups is 2. The predicted molar refractivity (Wildman–Crippen MR) is 90.4 cm³/mol. The van der Waals surface area contributed by atoms with Gasteiger partial charge in [-0.3, -0.25) is 9.59 Å². The van der Waals surface area contributed by atoms with Crippen molar-refractivity contribution >= 4 is 11.9 Å². The number of hydrogen-bond acceptors (Lipinski definition) is 2. The van der Waals surface area contributed by atoms with Gasteiger partial charge >= 0.3 is 5.97 Å². The molecule has 0 radical (unpaired) electrons. The molecule has 1 aromatic carbocycles. The van der Waals surface area contributed by atoms with Crippen molar-refractivity contribution in [2.45, 2.75) is 51.9 Å². The number of aliphatic carboxylic acids is 1. The number of likely N-dealkylation sites (tertiary alicyclic amines) is 1. The second kappa shape index (κ2) is 7.16. The molecule has 23 heavy (non-hydrogen) atoms. The number of aryl methyl sites for hydroxylation is 1. The Balaban J connectivity index is 1.82. The Morgan fingerprint density at radius 1 is 1.13 bits per heavy atom. The maximum Gasteiger partial charge on any atom is 0.306 e. The van der Waals surface area contributed by atoms with Crippen molar-refractivity contribution in [1.82, 2.24) is 4.90 Å². The number of carboxylic acid groups (broad SMARTS) is 1. The lowest BCUT2D eigenvalue weighted by atomic mass is 9.86. The topological polar surface area (TPSA) is 57.6 Å². The van der Waals surface area contributed by atoms with E-state index in [0.29, 0.717) is 32.4 Å². The Kier molecular flexibility index (Phi) is 5.45. The number of carbonyl (C=O) groups excluding carboxylic acids is 1. The normalized spacial score (nSPS) is 16.4. The molecule has 4 nitrogen and oxygen atoms in total. The van der Waals surface area contributed by atoms with E-state index in [0.717, 1.165) is 6.42 Å². The van der Waals surface area contributed by atoms with Crippen molar-refractivity contribution in [3.05, 3.63) is 35.4 Å². The third-order valence-electron chi connectivity index (χ3n) is 4.64. The van der Waals surface area contributed by atoms with Crippen molar-refractivity contribution in [2.24, 2.45) is 5.92 Å². The first-order valence-electron chi connectivity index (χ1n) is 8.37. The Morgan fingerprint density at radius 2 is 1.70 bits per heavy atom. The van der Waals surface area contributed by atoms with Gasteiger partial charge in [0.2, 0.25) is 5.91 Å². The molecule has 1 N–H and O–H groups in total. The van der Waals surface area contributed by atoms with E-state index in [-0.39, 0.29) is 17.2 Å². The fourth-order valence-corrected chi connectivity index (χ4v) is 2.96. The number of carboxylic acids is 1. The van der Waals surface area contributed by atoms with Crippen LogP contribution in [0.15, 0.2) is 24.3 Å². The molecule has 0 atom stereocenters. The van der Waals surface area contributed by atoms with Crippen LogP contribution in [-0.2, 0) is 21.4 Å². The summed E-state index contributed by atoms with van der Waals surface area (Å²) in [5.74, 6) is -0.895. The van der Waals surface area contributed by atoms with Gasteiger partial charge in [0.05, 0.1) is 5.92 Å². The summed E-state index contributed by atoms with van der Waals surface area (Å²) in [6.45, 7) is 7.70. The third kappa shape index (κ3) is 4.81. The van der Waals surface area contributed by atoms with E-state index in [1.807, 2.05) is 4.90 Å². The molecule has 1 aliphatic rings. The monoisotopic (exact) mass is 317 g/mol. The summed E-state index contributed by atoms with van der Waals surface area (Å²) in [6.07, 6.45) is 2.37. The van der Waals surface area contributed by atoms with E-state index < -0.39 is 5.97 Å². The number of piperidine rings is 1. The van der Waals surface area contributed by atoms with E-state index in [1.54, 1.807) is 0 Å². The highest BCUT2D eigenvalue weighted by atomic mass is 16.4. The van der Waals surface area contributed by atoms with Crippen LogP contribution in [0, 0.1) is 5.92 Å². The van der Waals surface area contributed by atoms with Gasteiger partial charge in [-0.15, -0.1) is 0 Å². The molecule has 0 aliphatic carbocycles. The lowest BCUT2D eigenvalue weighted by Crippen LogP contribution is -2.40. The second-order valence-corrected chi connectivity index (χ2v) is 7.44. The molecule has 1 aliphatic heterocycles. The van der Waals surface area contributed by atoms with E-state index in [9.17, 15) is 9.59 Å². The van der Waals surface area contributed by atoms with E-state index in [4.69, 9.17) is 5.11 Å². The molecule has 1 heterocycles. The Labute approximate surface area is 138 Å². The van der Waals surface area contributed by atoms with Gasteiger partial charge in [0.1, 0.15) is 0 Å². The molecule has 0 saturated carbocycles. The van der Waals surface area contributed by atoms with Gasteiger partial charge in [-0.05, 0) is 35.8 Å². The van der Waals surface area contributed by atoms with Crippen LogP contribution in [0.2, 0.25) is 0 Å². The fraction of sp³-hybridized carbons (Fsp3) is 0.579. The molecule has 1 amide bonds. The standard InChI is InChI=1S/C19H27NO3/c1-19(2,3)16-7-4-14(5-8-16)6-9-17(21)20-12-10-15(11-13-20)18(22)23/h4-5,7-8,15H,6,9-13H2,1-3H3,(H,22,23). The predicted octanol–water partition coefficient (Wildman–Crippen LogP) is 3.24. The number of hydrogen-bond donors (Lipinski definition) is 1. The van der Waals surface area contributed by atoms with Crippen LogP contribution in [0.1, 0.15) is 51.2 Å². The van der Waals surface area contributed by atoms with Crippen LogP contribution in [0.5, 0.6) is 0 Å². The second-order valence-electron chi connectivity index (χ2n) is 7.44. The quantitative estimate of drug-likeness (QED) is 0.927. The van der Waals surface area contributed by atoms with Gasteiger partial charge in [-0.25, -0.2) is 0 Å². The highest BCUT2D eigenvalue weighted by molar-refractivity contribution is 5.77. The average Bonchev–Trinajstić information content (AvgIpc) is 2.52. The first-order valence-corrected chi connectivity index (χ1v) is 8.37. The summed E-state index contributed by atoms with van der Waals surface area (Å²) < 4.78 is 0. The molecule has 1 saturated heterocycles. The summed E-state index contributed by atoms with van der Waals surface area (Å²) in [4.78, 5) is 25.0. The van der Waals surface area contributed by atoms with Gasteiger partial charge in [-0.1, -0.05) is 45.0 Å². The molecule has 0 bridgehead atoms. The fourth-order valence-electron chi connectivity index (χ4n) is 2.96. The smallest absolute Gasteiger partial charge is 0.306 e. The van der Waals surface area contributed by atoms with Crippen LogP contribution in [0.3, 0.4) is 0 Å². The van der Waals surface area contributed by atoms with Gasteiger partial charge in [0, 0.05) is 19.5 Å². The molecule has 1 aromatic rings. The zero-order valence-electron chi connectivity index (χ0n) is 14.3. The van der Waals surface area contributed by atoms with Crippen molar-refractivity contribution in [1.29, 1.82) is 0 Å². The Morgan fingerprint density at radius 3 is 2.17 bits per heavy atom. The minimum absolute atomic E-state index is 0.133. The van der Waals surface area contributed by atoms with Gasteiger partial charge < -0.3 is 10.0 Å². The lowest BCUT2D eigenvalue weighted by Gasteiger charge is -2.30. The van der Waals surface area contributed by atoms with E-state index >= 15 is 0 Å². The van der Waals surface area contributed by atoms with Crippen LogP contribution in [0.25, 0.3) is 0 Å². The van der Waals surface area contributed by atoms with Crippen molar-refractivity contribution in [3.63, 3.8) is 0 Å². The first-order chi connectivity index (χ1) is 10.8. The van der Waals surface area contributed by atoms with Crippen LogP contribution in [-0.4, -0.2) is 35.0 Å². The summed E-state index contributed by atoms with van der Waals surface area (Å²) in [5, 5.41) is 8.99. The number of benzene rings is 1. The lowest BCUT2D eigenvalue weighted by molar-refractivity contribution is -0.145. The largest absolute Gasteiger partial charge is 0.481 e. The van der Waals surface area contributed by atoms with E-state index in [2.05, 4.69) is 45.0 Å². The minimum atomic E-state index is -0.740. The molecule has 0 spiro atoms. The SMILES string of the molecule is CC(C)(C)c1ccc(CCC(=O)N2CCC(C(=O)O)CC2)cc1. The zero-order chi connectivity index (χ0) is 17.0. The van der Waals surface area contributed by atoms with Gasteiger partial charge in [0.15, 0.2) is 0 Å². The molecule has 0 unspecified atom stereocenters. The molecule has 126 valence electrons. The van der Waals surface area contributed by atoms with Crippen molar-refractivity contribution in [3.8, 4) is 0 Å². The summed E-state index contributed by atoms with van der Waals surface area (Å²) in [7, 11) is 0. The number of rotatable bonds is 4. The first kappa shape index (κ1) is 17.5. The summed E-state index contributed by atoms with van der Waals surface area (Å²) in [6, 6.07) is 8.48. The molecule has 4 heteroatoms. The average molecular weight is 317 g/mol. The van der Waals surface area contributed by atoms with Crippen LogP contribution in [0.4, 0.5) is 0 Å². The Hall–Kier alpha value is -1.84. The van der Waals surface area contributed by atoms with E-state index in [1.165, 1.54) is 11.1 Å². The summed E-state index contributed by atoms with van der Waals surface area (Å²) >= 11 is 0. The Bertz CT molecular complexity index is 549. The molecular formula is C19H27NO3. The van der Waals surface area contributed by atoms with Gasteiger partial charge in [0.25, 0.3) is 0 Å². The number of nitrogens with zero attached hydrogens (tertiary/aromatic N) is 1. The molecule has 2 rings (SSSR count). The minimum Gasteiger partial charge on any atom is -0.481 e. The molecule has 0 aromatic heterocycles. The van der Waals surface area contributed by atoms with Crippen molar-refractivity contribution < 1.29 is 14.7 Å². The highest BCUT2D eigenvalue weighted by Crippen LogP contribution is 2.23. The highest BCUT2D eigenvalue weighted by Gasteiger charge is 2.26. The van der Waals surface area contributed by atoms with Crippen LogP contribution < -0.4 is 0 Å². The molecule has 1 fully saturated rings. The van der Waals surface area contributed by atoms with Gasteiger partial charge in [-0.2, -0.15) is 0 Å². The summed E-state index contributed by atoms with van der Waals surface area (Å²) in [5.41, 5.74) is 2.61. The maximum atomic E-state index is 12.3. The number of amides is 1. The molecular weight excluding hydrogens is 290 g/mol. The zero-order valence-corrected chi connectivity index (χ0v) is 14.3. The van der Waals surface area contributed by atoms with Crippen molar-refractivity contribution in [2.75, 3.05) is 13.1 Å². The van der Waals surface area contributed by atoms with Crippen LogP contribution >= 0.6 is 0 Å².